The molecule has 0 heterocycles. The van der Waals surface area contributed by atoms with E-state index in [1.54, 1.807) is 6.08 Å². The highest BCUT2D eigenvalue weighted by Crippen LogP contribution is 2.30. The molecule has 0 saturated carbocycles. The van der Waals surface area contributed by atoms with Gasteiger partial charge in [-0.15, -0.1) is 0 Å². The van der Waals surface area contributed by atoms with Crippen molar-refractivity contribution >= 4 is 18.6 Å². The van der Waals surface area contributed by atoms with E-state index in [9.17, 15) is 4.79 Å². The molecule has 0 amide bonds. The third-order valence-electron chi connectivity index (χ3n) is 2.39. The summed E-state index contributed by atoms with van der Waals surface area (Å²) in [6.45, 7) is 4.56. The second kappa shape index (κ2) is 5.40. The number of thiol groups is 1. The van der Waals surface area contributed by atoms with Crippen molar-refractivity contribution in [1.82, 2.24) is 0 Å². The Bertz CT molecular complexity index is 294. The number of carbonyl (C=O) groups excluding carboxylic acids is 1. The van der Waals surface area contributed by atoms with Crippen LogP contribution < -0.4 is 0 Å². The zero-order valence-electron chi connectivity index (χ0n) is 9.32. The first-order valence-electron chi connectivity index (χ1n) is 5.33. The Kier molecular flexibility index (Phi) is 4.45. The molecule has 2 nitrogen and oxygen atoms in total. The van der Waals surface area contributed by atoms with Crippen LogP contribution >= 0.6 is 12.6 Å². The van der Waals surface area contributed by atoms with Crippen molar-refractivity contribution in [2.75, 3.05) is 6.61 Å². The zero-order chi connectivity index (χ0) is 11.3. The fourth-order valence-electron chi connectivity index (χ4n) is 1.49. The van der Waals surface area contributed by atoms with Gasteiger partial charge >= 0.3 is 5.97 Å². The van der Waals surface area contributed by atoms with Crippen LogP contribution in [-0.4, -0.2) is 17.3 Å². The van der Waals surface area contributed by atoms with Crippen molar-refractivity contribution in [2.45, 2.75) is 37.9 Å². The van der Waals surface area contributed by atoms with E-state index in [1.807, 2.05) is 19.1 Å². The van der Waals surface area contributed by atoms with E-state index in [-0.39, 0.29) is 5.97 Å². The van der Waals surface area contributed by atoms with Gasteiger partial charge in [-0.25, -0.2) is 0 Å². The lowest BCUT2D eigenvalue weighted by molar-refractivity contribution is -0.145. The summed E-state index contributed by atoms with van der Waals surface area (Å²) in [5.41, 5.74) is 1.15. The second-order valence-corrected chi connectivity index (χ2v) is 4.76. The van der Waals surface area contributed by atoms with E-state index in [4.69, 9.17) is 4.74 Å². The van der Waals surface area contributed by atoms with Crippen molar-refractivity contribution in [1.29, 1.82) is 0 Å². The SMILES string of the molecule is CCCCOC(=O)C1(S)C=CC=C(C)C1. The van der Waals surface area contributed by atoms with Crippen molar-refractivity contribution in [3.8, 4) is 0 Å². The molecule has 0 aromatic carbocycles. The van der Waals surface area contributed by atoms with Gasteiger partial charge in [-0.2, -0.15) is 12.6 Å². The summed E-state index contributed by atoms with van der Waals surface area (Å²) in [4.78, 5) is 11.8. The molecule has 84 valence electrons. The second-order valence-electron chi connectivity index (χ2n) is 3.96. The van der Waals surface area contributed by atoms with Crippen LogP contribution in [0.25, 0.3) is 0 Å². The maximum atomic E-state index is 11.8. The van der Waals surface area contributed by atoms with Gasteiger partial charge in [0.1, 0.15) is 4.75 Å². The van der Waals surface area contributed by atoms with Crippen molar-refractivity contribution in [3.05, 3.63) is 23.8 Å². The van der Waals surface area contributed by atoms with Crippen molar-refractivity contribution in [3.63, 3.8) is 0 Å². The summed E-state index contributed by atoms with van der Waals surface area (Å²) in [7, 11) is 0. The van der Waals surface area contributed by atoms with Crippen LogP contribution in [0.5, 0.6) is 0 Å². The summed E-state index contributed by atoms with van der Waals surface area (Å²) >= 11 is 4.40. The van der Waals surface area contributed by atoms with Crippen LogP contribution in [0.1, 0.15) is 33.1 Å². The van der Waals surface area contributed by atoms with Gasteiger partial charge in [0.05, 0.1) is 6.61 Å². The van der Waals surface area contributed by atoms with Crippen LogP contribution in [0, 0.1) is 0 Å². The molecule has 1 unspecified atom stereocenters. The Morgan fingerprint density at radius 2 is 2.40 bits per heavy atom. The van der Waals surface area contributed by atoms with Crippen molar-refractivity contribution < 1.29 is 9.53 Å². The molecule has 1 aliphatic rings. The van der Waals surface area contributed by atoms with Crippen molar-refractivity contribution in [2.24, 2.45) is 0 Å². The number of esters is 1. The molecular weight excluding hydrogens is 208 g/mol. The number of carbonyl (C=O) groups is 1. The molecule has 0 aromatic rings. The first-order valence-corrected chi connectivity index (χ1v) is 5.78. The molecule has 0 fully saturated rings. The molecule has 0 radical (unpaired) electrons. The number of unbranched alkanes of at least 4 members (excludes halogenated alkanes) is 1. The maximum Gasteiger partial charge on any atom is 0.326 e. The average Bonchev–Trinajstić information content (AvgIpc) is 2.17. The van der Waals surface area contributed by atoms with E-state index >= 15 is 0 Å². The minimum absolute atomic E-state index is 0.233. The molecule has 3 heteroatoms. The van der Waals surface area contributed by atoms with Crippen LogP contribution in [0.3, 0.4) is 0 Å². The van der Waals surface area contributed by atoms with E-state index in [1.165, 1.54) is 0 Å². The van der Waals surface area contributed by atoms with Crippen LogP contribution in [-0.2, 0) is 9.53 Å². The number of rotatable bonds is 4. The van der Waals surface area contributed by atoms with E-state index in [0.29, 0.717) is 13.0 Å². The van der Waals surface area contributed by atoms with E-state index < -0.39 is 4.75 Å². The first-order chi connectivity index (χ1) is 7.08. The lowest BCUT2D eigenvalue weighted by Gasteiger charge is -2.25. The summed E-state index contributed by atoms with van der Waals surface area (Å²) in [5, 5.41) is 0. The molecule has 0 N–H and O–H groups in total. The van der Waals surface area contributed by atoms with Gasteiger partial charge < -0.3 is 4.74 Å². The molecule has 1 atom stereocenters. The molecule has 0 aliphatic heterocycles. The molecule has 0 saturated heterocycles. The van der Waals surface area contributed by atoms with E-state index in [2.05, 4.69) is 19.6 Å². The maximum absolute atomic E-state index is 11.8. The smallest absolute Gasteiger partial charge is 0.326 e. The largest absolute Gasteiger partial charge is 0.464 e. The Morgan fingerprint density at radius 3 is 3.00 bits per heavy atom. The fourth-order valence-corrected chi connectivity index (χ4v) is 1.89. The monoisotopic (exact) mass is 226 g/mol. The molecule has 0 bridgehead atoms. The lowest BCUT2D eigenvalue weighted by Crippen LogP contribution is -2.34. The summed E-state index contributed by atoms with van der Waals surface area (Å²) < 4.78 is 4.42. The summed E-state index contributed by atoms with van der Waals surface area (Å²) in [6, 6.07) is 0. The number of ether oxygens (including phenoxy) is 1. The van der Waals surface area contributed by atoms with Gasteiger partial charge in [0.2, 0.25) is 0 Å². The Labute approximate surface area is 96.8 Å². The minimum atomic E-state index is -0.757. The highest BCUT2D eigenvalue weighted by molar-refractivity contribution is 7.83. The third kappa shape index (κ3) is 3.42. The van der Waals surface area contributed by atoms with Gasteiger partial charge in [0.25, 0.3) is 0 Å². The zero-order valence-corrected chi connectivity index (χ0v) is 10.2. The molecule has 15 heavy (non-hydrogen) atoms. The van der Waals surface area contributed by atoms with Gasteiger partial charge in [0, 0.05) is 0 Å². The highest BCUT2D eigenvalue weighted by atomic mass is 32.1. The predicted molar refractivity (Wildman–Crippen MR) is 65.1 cm³/mol. The van der Waals surface area contributed by atoms with Crippen LogP contribution in [0.4, 0.5) is 0 Å². The standard InChI is InChI=1S/C12H18O2S/c1-3-4-8-14-11(13)12(15)7-5-6-10(2)9-12/h5-7,15H,3-4,8-9H2,1-2H3. The predicted octanol–water partition coefficient (Wildman–Crippen LogP) is 2.90. The van der Waals surface area contributed by atoms with E-state index in [0.717, 1.165) is 18.4 Å². The summed E-state index contributed by atoms with van der Waals surface area (Å²) in [6.07, 6.45) is 8.24. The highest BCUT2D eigenvalue weighted by Gasteiger charge is 2.34. The fraction of sp³-hybridized carbons (Fsp3) is 0.583. The lowest BCUT2D eigenvalue weighted by atomic mass is 9.94. The molecule has 0 aromatic heterocycles. The Morgan fingerprint density at radius 1 is 1.67 bits per heavy atom. The molecular formula is C12H18O2S. The molecule has 1 rings (SSSR count). The van der Waals surface area contributed by atoms with Crippen LogP contribution in [0.2, 0.25) is 0 Å². The van der Waals surface area contributed by atoms with Crippen LogP contribution in [0.15, 0.2) is 23.8 Å². The minimum Gasteiger partial charge on any atom is -0.464 e. The first kappa shape index (κ1) is 12.4. The third-order valence-corrected chi connectivity index (χ3v) is 2.88. The Balaban J connectivity index is 2.52. The number of allylic oxidation sites excluding steroid dienone is 3. The average molecular weight is 226 g/mol. The Hall–Kier alpha value is -0.700. The molecule has 1 aliphatic carbocycles. The molecule has 0 spiro atoms. The quantitative estimate of drug-likeness (QED) is 0.453. The normalized spacial score (nSPS) is 24.9. The van der Waals surface area contributed by atoms with Gasteiger partial charge in [-0.3, -0.25) is 4.79 Å². The topological polar surface area (TPSA) is 26.3 Å². The van der Waals surface area contributed by atoms with Gasteiger partial charge in [-0.05, 0) is 19.8 Å². The summed E-state index contributed by atoms with van der Waals surface area (Å²) in [5.74, 6) is -0.233. The van der Waals surface area contributed by atoms with Gasteiger partial charge in [0.15, 0.2) is 0 Å². The number of hydrogen-bond acceptors (Lipinski definition) is 3. The number of hydrogen-bond donors (Lipinski definition) is 1. The van der Waals surface area contributed by atoms with Gasteiger partial charge in [-0.1, -0.05) is 37.1 Å².